The van der Waals surface area contributed by atoms with Gasteiger partial charge in [-0.2, -0.15) is 0 Å². The molecule has 1 heterocycles. The topological polar surface area (TPSA) is 70.7 Å². The average molecular weight is 244 g/mol. The Kier molecular flexibility index (Phi) is 6.03. The van der Waals surface area contributed by atoms with Crippen LogP contribution in [0.2, 0.25) is 0 Å². The van der Waals surface area contributed by atoms with Crippen LogP contribution in [0.4, 0.5) is 0 Å². The molecule has 0 atom stereocenters. The fraction of sp³-hybridized carbons (Fsp3) is 0.231. The third-order valence-electron chi connectivity index (χ3n) is 2.28. The first kappa shape index (κ1) is 13.8. The third kappa shape index (κ3) is 5.16. The van der Waals surface area contributed by atoms with Gasteiger partial charge in [-0.25, -0.2) is 9.97 Å². The van der Waals surface area contributed by atoms with Crippen molar-refractivity contribution in [3.05, 3.63) is 47.7 Å². The molecule has 1 aromatic rings. The molecule has 0 amide bonds. The van der Waals surface area contributed by atoms with Crippen LogP contribution in [0.25, 0.3) is 0 Å². The Balaban J connectivity index is 2.50. The third-order valence-corrected chi connectivity index (χ3v) is 2.28. The highest BCUT2D eigenvalue weighted by molar-refractivity contribution is 5.73. The SMILES string of the molecule is C=N/C=C\C=C(/C)CCc1cnc(/C=N\O)nc1. The summed E-state index contributed by atoms with van der Waals surface area (Å²) >= 11 is 0. The zero-order valence-electron chi connectivity index (χ0n) is 10.3. The van der Waals surface area contributed by atoms with Crippen LogP contribution in [0.1, 0.15) is 24.7 Å². The number of aryl methyl sites for hydroxylation is 1. The van der Waals surface area contributed by atoms with Crippen LogP contribution in [-0.4, -0.2) is 28.1 Å². The van der Waals surface area contributed by atoms with Crippen molar-refractivity contribution in [1.82, 2.24) is 9.97 Å². The van der Waals surface area contributed by atoms with E-state index in [0.29, 0.717) is 5.82 Å². The summed E-state index contributed by atoms with van der Waals surface area (Å²) in [6.07, 6.45) is 12.0. The first-order valence-electron chi connectivity index (χ1n) is 5.52. The lowest BCUT2D eigenvalue weighted by atomic mass is 10.1. The van der Waals surface area contributed by atoms with E-state index >= 15 is 0 Å². The number of nitrogens with zero attached hydrogens (tertiary/aromatic N) is 4. The van der Waals surface area contributed by atoms with Crippen molar-refractivity contribution >= 4 is 12.9 Å². The zero-order chi connectivity index (χ0) is 13.2. The van der Waals surface area contributed by atoms with Crippen molar-refractivity contribution in [2.24, 2.45) is 10.1 Å². The summed E-state index contributed by atoms with van der Waals surface area (Å²) in [7, 11) is 0. The van der Waals surface area contributed by atoms with Gasteiger partial charge in [0.25, 0.3) is 0 Å². The second kappa shape index (κ2) is 7.89. The number of aromatic nitrogens is 2. The molecular weight excluding hydrogens is 228 g/mol. The maximum atomic E-state index is 8.33. The number of allylic oxidation sites excluding steroid dienone is 3. The molecule has 0 aliphatic rings. The van der Waals surface area contributed by atoms with Gasteiger partial charge in [0.2, 0.25) is 0 Å². The minimum absolute atomic E-state index is 0.397. The number of hydrogen-bond acceptors (Lipinski definition) is 5. The quantitative estimate of drug-likeness (QED) is 0.361. The molecule has 0 saturated carbocycles. The van der Waals surface area contributed by atoms with E-state index in [1.54, 1.807) is 18.6 Å². The van der Waals surface area contributed by atoms with Crippen molar-refractivity contribution < 1.29 is 5.21 Å². The van der Waals surface area contributed by atoms with E-state index in [1.165, 1.54) is 11.8 Å². The summed E-state index contributed by atoms with van der Waals surface area (Å²) in [4.78, 5) is 11.7. The Morgan fingerprint density at radius 1 is 1.44 bits per heavy atom. The van der Waals surface area contributed by atoms with Crippen molar-refractivity contribution in [3.8, 4) is 0 Å². The maximum absolute atomic E-state index is 8.33. The minimum atomic E-state index is 0.397. The lowest BCUT2D eigenvalue weighted by molar-refractivity contribution is 0.321. The molecule has 1 N–H and O–H groups in total. The van der Waals surface area contributed by atoms with Gasteiger partial charge < -0.3 is 5.21 Å². The Labute approximate surface area is 106 Å². The van der Waals surface area contributed by atoms with Crippen LogP contribution in [0.3, 0.4) is 0 Å². The van der Waals surface area contributed by atoms with Crippen molar-refractivity contribution in [3.63, 3.8) is 0 Å². The summed E-state index contributed by atoms with van der Waals surface area (Å²) in [6, 6.07) is 0. The summed E-state index contributed by atoms with van der Waals surface area (Å²) < 4.78 is 0. The Hall–Kier alpha value is -2.30. The van der Waals surface area contributed by atoms with Crippen LogP contribution in [0.15, 0.2) is 46.5 Å². The van der Waals surface area contributed by atoms with Gasteiger partial charge >= 0.3 is 0 Å². The lowest BCUT2D eigenvalue weighted by Crippen LogP contribution is -1.96. The minimum Gasteiger partial charge on any atom is -0.411 e. The molecule has 0 unspecified atom stereocenters. The highest BCUT2D eigenvalue weighted by Crippen LogP contribution is 2.07. The van der Waals surface area contributed by atoms with E-state index in [-0.39, 0.29) is 0 Å². The molecule has 18 heavy (non-hydrogen) atoms. The Morgan fingerprint density at radius 2 is 2.17 bits per heavy atom. The van der Waals surface area contributed by atoms with Crippen LogP contribution in [-0.2, 0) is 6.42 Å². The Morgan fingerprint density at radius 3 is 2.78 bits per heavy atom. The van der Waals surface area contributed by atoms with Gasteiger partial charge in [0.1, 0.15) is 6.21 Å². The highest BCUT2D eigenvalue weighted by atomic mass is 16.4. The Bertz CT molecular complexity index is 460. The number of oxime groups is 1. The summed E-state index contributed by atoms with van der Waals surface area (Å²) in [5.74, 6) is 0.397. The van der Waals surface area contributed by atoms with Gasteiger partial charge in [-0.15, -0.1) is 0 Å². The van der Waals surface area contributed by atoms with E-state index in [1.807, 2.05) is 12.2 Å². The first-order chi connectivity index (χ1) is 8.76. The molecule has 0 aliphatic carbocycles. The molecule has 0 spiro atoms. The van der Waals surface area contributed by atoms with E-state index in [4.69, 9.17) is 5.21 Å². The van der Waals surface area contributed by atoms with E-state index in [2.05, 4.69) is 33.8 Å². The highest BCUT2D eigenvalue weighted by Gasteiger charge is 1.97. The van der Waals surface area contributed by atoms with Crippen molar-refractivity contribution in [2.45, 2.75) is 19.8 Å². The maximum Gasteiger partial charge on any atom is 0.173 e. The van der Waals surface area contributed by atoms with Gasteiger partial charge in [-0.3, -0.25) is 4.99 Å². The van der Waals surface area contributed by atoms with E-state index in [9.17, 15) is 0 Å². The average Bonchev–Trinajstić information content (AvgIpc) is 2.39. The predicted molar refractivity (Wildman–Crippen MR) is 72.2 cm³/mol. The number of hydrogen-bond donors (Lipinski definition) is 1. The van der Waals surface area contributed by atoms with Crippen LogP contribution in [0.5, 0.6) is 0 Å². The normalized spacial score (nSPS) is 12.4. The molecule has 0 fully saturated rings. The van der Waals surface area contributed by atoms with Crippen LogP contribution in [0, 0.1) is 0 Å². The van der Waals surface area contributed by atoms with Crippen molar-refractivity contribution in [1.29, 1.82) is 0 Å². The monoisotopic (exact) mass is 244 g/mol. The number of rotatable bonds is 6. The zero-order valence-corrected chi connectivity index (χ0v) is 10.3. The molecule has 1 rings (SSSR count). The molecule has 5 heteroatoms. The van der Waals surface area contributed by atoms with Gasteiger partial charge in [0.15, 0.2) is 5.82 Å². The summed E-state index contributed by atoms with van der Waals surface area (Å²) in [6.45, 7) is 5.42. The molecule has 1 aromatic heterocycles. The summed E-state index contributed by atoms with van der Waals surface area (Å²) in [5.41, 5.74) is 2.29. The van der Waals surface area contributed by atoms with E-state index < -0.39 is 0 Å². The molecule has 0 aromatic carbocycles. The van der Waals surface area contributed by atoms with Crippen LogP contribution >= 0.6 is 0 Å². The molecule has 0 radical (unpaired) electrons. The standard InChI is InChI=1S/C13H16N4O/c1-11(4-3-7-14-2)5-6-12-8-15-13(10-17-18)16-9-12/h3-4,7-10,18H,2,5-6H2,1H3/b7-3-,11-4+,17-10-. The van der Waals surface area contributed by atoms with Gasteiger partial charge in [0, 0.05) is 18.6 Å². The number of aliphatic imine (C=N–C) groups is 1. The molecule has 0 saturated heterocycles. The molecular formula is C13H16N4O. The van der Waals surface area contributed by atoms with E-state index in [0.717, 1.165) is 18.4 Å². The lowest BCUT2D eigenvalue weighted by Gasteiger charge is -2.01. The molecule has 94 valence electrons. The smallest absolute Gasteiger partial charge is 0.173 e. The second-order valence-electron chi connectivity index (χ2n) is 3.73. The van der Waals surface area contributed by atoms with Crippen LogP contribution < -0.4 is 0 Å². The van der Waals surface area contributed by atoms with Gasteiger partial charge in [0.05, 0.1) is 0 Å². The largest absolute Gasteiger partial charge is 0.411 e. The van der Waals surface area contributed by atoms with Crippen molar-refractivity contribution in [2.75, 3.05) is 0 Å². The molecule has 5 nitrogen and oxygen atoms in total. The summed E-state index contributed by atoms with van der Waals surface area (Å²) in [5, 5.41) is 11.2. The van der Waals surface area contributed by atoms with Gasteiger partial charge in [-0.1, -0.05) is 16.8 Å². The molecule has 0 aliphatic heterocycles. The molecule has 0 bridgehead atoms. The second-order valence-corrected chi connectivity index (χ2v) is 3.73. The first-order valence-corrected chi connectivity index (χ1v) is 5.52. The fourth-order valence-corrected chi connectivity index (χ4v) is 1.31. The van der Waals surface area contributed by atoms with Gasteiger partial charge in [-0.05, 0) is 38.1 Å². The predicted octanol–water partition coefficient (Wildman–Crippen LogP) is 2.38. The fourth-order valence-electron chi connectivity index (χ4n) is 1.31.